The standard InChI is InChI=1S/C27H27N3O4/c1-27(2,28)15-33-23-14-21-24(20-10-12-32-25(20)23)22(9-11-30-21)34-17-7-8-18-16(13-17)5-4-6-19(18)26(31)29-3/h4-9,11,13-14H,10,12,15,28H2,1-3H3,(H,29,31). The first-order chi connectivity index (χ1) is 16.3. The number of amides is 1. The number of carbonyl (C=O) groups excluding carboxylic acids is 1. The van der Waals surface area contributed by atoms with Crippen molar-refractivity contribution in [2.45, 2.75) is 25.8 Å². The van der Waals surface area contributed by atoms with Gasteiger partial charge in [0.1, 0.15) is 18.1 Å². The van der Waals surface area contributed by atoms with Gasteiger partial charge in [0.25, 0.3) is 5.91 Å². The number of ether oxygens (including phenoxy) is 3. The Balaban J connectivity index is 1.54. The van der Waals surface area contributed by atoms with Gasteiger partial charge in [0, 0.05) is 42.4 Å². The molecule has 0 radical (unpaired) electrons. The van der Waals surface area contributed by atoms with Gasteiger partial charge < -0.3 is 25.3 Å². The van der Waals surface area contributed by atoms with E-state index in [9.17, 15) is 4.79 Å². The van der Waals surface area contributed by atoms with Gasteiger partial charge in [-0.3, -0.25) is 9.78 Å². The molecule has 0 unspecified atom stereocenters. The fourth-order valence-corrected chi connectivity index (χ4v) is 4.22. The van der Waals surface area contributed by atoms with Gasteiger partial charge in [-0.25, -0.2) is 0 Å². The van der Waals surface area contributed by atoms with Crippen LogP contribution in [-0.2, 0) is 6.42 Å². The average molecular weight is 458 g/mol. The molecule has 1 amide bonds. The summed E-state index contributed by atoms with van der Waals surface area (Å²) < 4.78 is 18.3. The van der Waals surface area contributed by atoms with E-state index < -0.39 is 5.54 Å². The fraction of sp³-hybridized carbons (Fsp3) is 0.259. The fourth-order valence-electron chi connectivity index (χ4n) is 4.22. The molecule has 1 aliphatic rings. The van der Waals surface area contributed by atoms with E-state index in [0.29, 0.717) is 36.0 Å². The lowest BCUT2D eigenvalue weighted by Crippen LogP contribution is -2.38. The van der Waals surface area contributed by atoms with Crippen LogP contribution in [0.4, 0.5) is 0 Å². The molecule has 5 rings (SSSR count). The van der Waals surface area contributed by atoms with E-state index >= 15 is 0 Å². The van der Waals surface area contributed by atoms with Crippen molar-refractivity contribution in [2.24, 2.45) is 5.73 Å². The van der Waals surface area contributed by atoms with E-state index in [-0.39, 0.29) is 5.91 Å². The third-order valence-corrected chi connectivity index (χ3v) is 5.76. The number of nitrogens with one attached hydrogen (secondary N) is 1. The Hall–Kier alpha value is -3.84. The predicted molar refractivity (Wildman–Crippen MR) is 132 cm³/mol. The number of pyridine rings is 1. The number of hydrogen-bond donors (Lipinski definition) is 2. The van der Waals surface area contributed by atoms with Crippen LogP contribution >= 0.6 is 0 Å². The maximum atomic E-state index is 12.2. The van der Waals surface area contributed by atoms with Gasteiger partial charge in [-0.2, -0.15) is 0 Å². The zero-order chi connectivity index (χ0) is 23.9. The van der Waals surface area contributed by atoms with Crippen molar-refractivity contribution in [1.82, 2.24) is 10.3 Å². The van der Waals surface area contributed by atoms with Crippen LogP contribution < -0.4 is 25.3 Å². The van der Waals surface area contributed by atoms with Gasteiger partial charge in [-0.1, -0.05) is 12.1 Å². The maximum Gasteiger partial charge on any atom is 0.251 e. The molecule has 0 aliphatic carbocycles. The SMILES string of the molecule is CNC(=O)c1cccc2cc(Oc3ccnc4cc(OCC(C)(C)N)c5c(c34)CCO5)ccc12. The van der Waals surface area contributed by atoms with Crippen LogP contribution in [0.1, 0.15) is 29.8 Å². The van der Waals surface area contributed by atoms with Crippen LogP contribution in [0.5, 0.6) is 23.0 Å². The summed E-state index contributed by atoms with van der Waals surface area (Å²) in [4.78, 5) is 16.8. The van der Waals surface area contributed by atoms with Crippen LogP contribution in [0.25, 0.3) is 21.7 Å². The normalized spacial score (nSPS) is 12.9. The Morgan fingerprint density at radius 2 is 2.03 bits per heavy atom. The van der Waals surface area contributed by atoms with Gasteiger partial charge in [0.2, 0.25) is 0 Å². The summed E-state index contributed by atoms with van der Waals surface area (Å²) in [5.41, 5.74) is 8.06. The third kappa shape index (κ3) is 4.10. The van der Waals surface area contributed by atoms with Gasteiger partial charge in [-0.15, -0.1) is 0 Å². The molecule has 174 valence electrons. The maximum absolute atomic E-state index is 12.2. The van der Waals surface area contributed by atoms with Gasteiger partial charge in [-0.05, 0) is 55.0 Å². The van der Waals surface area contributed by atoms with Crippen molar-refractivity contribution in [1.29, 1.82) is 0 Å². The molecule has 34 heavy (non-hydrogen) atoms. The molecule has 0 atom stereocenters. The van der Waals surface area contributed by atoms with Crippen molar-refractivity contribution in [3.05, 3.63) is 65.9 Å². The minimum atomic E-state index is -0.466. The molecule has 2 heterocycles. The van der Waals surface area contributed by atoms with E-state index in [1.54, 1.807) is 13.2 Å². The van der Waals surface area contributed by atoms with Crippen molar-refractivity contribution < 1.29 is 19.0 Å². The Bertz CT molecular complexity index is 1410. The number of fused-ring (bicyclic) bond motifs is 4. The summed E-state index contributed by atoms with van der Waals surface area (Å²) in [6, 6.07) is 15.1. The highest BCUT2D eigenvalue weighted by atomic mass is 16.5. The summed E-state index contributed by atoms with van der Waals surface area (Å²) in [6.07, 6.45) is 2.46. The lowest BCUT2D eigenvalue weighted by atomic mass is 10.0. The minimum absolute atomic E-state index is 0.119. The van der Waals surface area contributed by atoms with E-state index in [2.05, 4.69) is 10.3 Å². The monoisotopic (exact) mass is 457 g/mol. The first kappa shape index (κ1) is 22.0. The average Bonchev–Trinajstić information content (AvgIpc) is 3.31. The van der Waals surface area contributed by atoms with Gasteiger partial charge in [0.05, 0.1) is 17.5 Å². The molecule has 0 saturated carbocycles. The summed E-state index contributed by atoms with van der Waals surface area (Å²) in [5.74, 6) is 2.62. The van der Waals surface area contributed by atoms with Crippen molar-refractivity contribution in [2.75, 3.05) is 20.3 Å². The predicted octanol–water partition coefficient (Wildman–Crippen LogP) is 4.59. The zero-order valence-corrected chi connectivity index (χ0v) is 19.5. The largest absolute Gasteiger partial charge is 0.489 e. The van der Waals surface area contributed by atoms with Crippen molar-refractivity contribution in [3.8, 4) is 23.0 Å². The molecule has 3 N–H and O–H groups in total. The first-order valence-electron chi connectivity index (χ1n) is 11.3. The lowest BCUT2D eigenvalue weighted by molar-refractivity contribution is 0.0964. The van der Waals surface area contributed by atoms with E-state index in [4.69, 9.17) is 19.9 Å². The van der Waals surface area contributed by atoms with Gasteiger partial charge >= 0.3 is 0 Å². The number of carbonyl (C=O) groups is 1. The number of hydrogen-bond acceptors (Lipinski definition) is 6. The van der Waals surface area contributed by atoms with E-state index in [1.807, 2.05) is 62.4 Å². The molecule has 7 heteroatoms. The number of nitrogens with zero attached hydrogens (tertiary/aromatic N) is 1. The molecule has 1 aliphatic heterocycles. The summed E-state index contributed by atoms with van der Waals surface area (Å²) in [5, 5.41) is 5.39. The van der Waals surface area contributed by atoms with Gasteiger partial charge in [0.15, 0.2) is 11.5 Å². The molecule has 3 aromatic carbocycles. The second kappa shape index (κ2) is 8.50. The Kier molecular flexibility index (Phi) is 5.49. The second-order valence-corrected chi connectivity index (χ2v) is 9.13. The molecule has 4 aromatic rings. The Morgan fingerprint density at radius 3 is 2.82 bits per heavy atom. The van der Waals surface area contributed by atoms with Crippen LogP contribution in [0.3, 0.4) is 0 Å². The van der Waals surface area contributed by atoms with E-state index in [0.717, 1.165) is 39.4 Å². The molecule has 1 aromatic heterocycles. The number of rotatable bonds is 6. The molecule has 0 saturated heterocycles. The molecular weight excluding hydrogens is 430 g/mol. The topological polar surface area (TPSA) is 95.7 Å². The smallest absolute Gasteiger partial charge is 0.251 e. The first-order valence-corrected chi connectivity index (χ1v) is 11.3. The Morgan fingerprint density at radius 1 is 1.18 bits per heavy atom. The second-order valence-electron chi connectivity index (χ2n) is 9.13. The van der Waals surface area contributed by atoms with Crippen LogP contribution in [-0.4, -0.2) is 36.7 Å². The molecule has 0 bridgehead atoms. The number of benzene rings is 3. The minimum Gasteiger partial charge on any atom is -0.489 e. The molecule has 0 spiro atoms. The van der Waals surface area contributed by atoms with Crippen LogP contribution in [0.15, 0.2) is 54.7 Å². The molecular formula is C27H27N3O4. The van der Waals surface area contributed by atoms with Crippen molar-refractivity contribution in [3.63, 3.8) is 0 Å². The van der Waals surface area contributed by atoms with Crippen LogP contribution in [0.2, 0.25) is 0 Å². The third-order valence-electron chi connectivity index (χ3n) is 5.76. The molecule has 0 fully saturated rings. The van der Waals surface area contributed by atoms with E-state index in [1.165, 1.54) is 0 Å². The highest BCUT2D eigenvalue weighted by Crippen LogP contribution is 2.44. The highest BCUT2D eigenvalue weighted by molar-refractivity contribution is 6.07. The summed E-state index contributed by atoms with van der Waals surface area (Å²) >= 11 is 0. The quantitative estimate of drug-likeness (QED) is 0.440. The number of nitrogens with two attached hydrogens (primary N) is 1. The summed E-state index contributed by atoms with van der Waals surface area (Å²) in [6.45, 7) is 4.77. The molecule has 7 nitrogen and oxygen atoms in total. The number of aromatic nitrogens is 1. The Labute approximate surface area is 197 Å². The summed E-state index contributed by atoms with van der Waals surface area (Å²) in [7, 11) is 1.63. The lowest BCUT2D eigenvalue weighted by Gasteiger charge is -2.21. The zero-order valence-electron chi connectivity index (χ0n) is 19.5. The van der Waals surface area contributed by atoms with Crippen LogP contribution in [0, 0.1) is 0 Å². The highest BCUT2D eigenvalue weighted by Gasteiger charge is 2.25. The van der Waals surface area contributed by atoms with Crippen molar-refractivity contribution >= 4 is 27.6 Å².